The number of nitrogens with two attached hydrogens (primary N) is 1. The Morgan fingerprint density at radius 2 is 1.75 bits per heavy atom. The van der Waals surface area contributed by atoms with Crippen LogP contribution in [-0.4, -0.2) is 31.7 Å². The zero-order valence-electron chi connectivity index (χ0n) is 15.1. The summed E-state index contributed by atoms with van der Waals surface area (Å²) >= 11 is 1.38. The van der Waals surface area contributed by atoms with E-state index in [9.17, 15) is 0 Å². The molecule has 2 aromatic carbocycles. The van der Waals surface area contributed by atoms with E-state index < -0.39 is 0 Å². The third kappa shape index (κ3) is 3.84. The summed E-state index contributed by atoms with van der Waals surface area (Å²) in [6.45, 7) is 2.56. The third-order valence-corrected chi connectivity index (χ3v) is 4.83. The van der Waals surface area contributed by atoms with Crippen molar-refractivity contribution >= 4 is 11.8 Å². The summed E-state index contributed by atoms with van der Waals surface area (Å²) in [5.41, 5.74) is 1.74. The van der Waals surface area contributed by atoms with E-state index in [-0.39, 0.29) is 0 Å². The number of aromatic nitrogens is 5. The van der Waals surface area contributed by atoms with E-state index in [0.29, 0.717) is 35.1 Å². The molecule has 8 nitrogen and oxygen atoms in total. The van der Waals surface area contributed by atoms with E-state index in [1.165, 1.54) is 16.4 Å². The van der Waals surface area contributed by atoms with Gasteiger partial charge in [-0.3, -0.25) is 0 Å². The van der Waals surface area contributed by atoms with Gasteiger partial charge in [0.2, 0.25) is 16.9 Å². The molecule has 0 aliphatic rings. The van der Waals surface area contributed by atoms with Gasteiger partial charge in [0.1, 0.15) is 5.75 Å². The SMILES string of the molecule is CCOc1ccc(-c2nnc(SCc3nnc(-c4ccccc4)o3)n2N)cc1. The molecule has 0 aliphatic heterocycles. The van der Waals surface area contributed by atoms with Gasteiger partial charge in [0, 0.05) is 11.1 Å². The van der Waals surface area contributed by atoms with E-state index in [2.05, 4.69) is 20.4 Å². The number of nitrogen functional groups attached to an aromatic ring is 1. The summed E-state index contributed by atoms with van der Waals surface area (Å²) in [6.07, 6.45) is 0. The lowest BCUT2D eigenvalue weighted by molar-refractivity contribution is 0.340. The average molecular weight is 394 g/mol. The maximum absolute atomic E-state index is 6.17. The summed E-state index contributed by atoms with van der Waals surface area (Å²) in [5.74, 6) is 8.96. The molecule has 2 N–H and O–H groups in total. The fourth-order valence-electron chi connectivity index (χ4n) is 2.57. The molecule has 0 fully saturated rings. The Balaban J connectivity index is 1.44. The highest BCUT2D eigenvalue weighted by molar-refractivity contribution is 7.98. The second-order valence-corrected chi connectivity index (χ2v) is 6.73. The van der Waals surface area contributed by atoms with Crippen molar-refractivity contribution in [3.63, 3.8) is 0 Å². The Morgan fingerprint density at radius 1 is 0.964 bits per heavy atom. The van der Waals surface area contributed by atoms with Crippen LogP contribution in [0.3, 0.4) is 0 Å². The molecule has 0 aliphatic carbocycles. The van der Waals surface area contributed by atoms with Gasteiger partial charge in [0.05, 0.1) is 12.4 Å². The summed E-state index contributed by atoms with van der Waals surface area (Å²) in [6, 6.07) is 17.2. The van der Waals surface area contributed by atoms with Gasteiger partial charge < -0.3 is 15.0 Å². The zero-order chi connectivity index (χ0) is 19.3. The molecule has 0 saturated heterocycles. The topological polar surface area (TPSA) is 105 Å². The van der Waals surface area contributed by atoms with Crippen LogP contribution in [0.25, 0.3) is 22.8 Å². The van der Waals surface area contributed by atoms with Gasteiger partial charge in [-0.05, 0) is 43.3 Å². The van der Waals surface area contributed by atoms with Crippen LogP contribution in [0.4, 0.5) is 0 Å². The summed E-state index contributed by atoms with van der Waals surface area (Å²) in [4.78, 5) is 0. The Labute approximate surface area is 165 Å². The number of hydrogen-bond donors (Lipinski definition) is 1. The number of nitrogens with zero attached hydrogens (tertiary/aromatic N) is 5. The van der Waals surface area contributed by atoms with Crippen LogP contribution in [0.2, 0.25) is 0 Å². The van der Waals surface area contributed by atoms with Gasteiger partial charge in [-0.2, -0.15) is 0 Å². The van der Waals surface area contributed by atoms with Crippen LogP contribution in [-0.2, 0) is 5.75 Å². The van der Waals surface area contributed by atoms with Crippen LogP contribution in [0.15, 0.2) is 64.2 Å². The van der Waals surface area contributed by atoms with Gasteiger partial charge in [0.25, 0.3) is 0 Å². The van der Waals surface area contributed by atoms with Crippen LogP contribution in [0.1, 0.15) is 12.8 Å². The van der Waals surface area contributed by atoms with Crippen molar-refractivity contribution < 1.29 is 9.15 Å². The van der Waals surface area contributed by atoms with Gasteiger partial charge in [0.15, 0.2) is 5.82 Å². The highest BCUT2D eigenvalue weighted by atomic mass is 32.2. The molecule has 142 valence electrons. The normalized spacial score (nSPS) is 10.9. The molecule has 28 heavy (non-hydrogen) atoms. The summed E-state index contributed by atoms with van der Waals surface area (Å²) in [5, 5.41) is 17.1. The maximum Gasteiger partial charge on any atom is 0.247 e. The third-order valence-electron chi connectivity index (χ3n) is 3.90. The Bertz CT molecular complexity index is 1050. The molecule has 4 aromatic rings. The number of ether oxygens (including phenoxy) is 1. The van der Waals surface area contributed by atoms with Crippen LogP contribution < -0.4 is 10.6 Å². The minimum atomic E-state index is 0.443. The minimum Gasteiger partial charge on any atom is -0.494 e. The average Bonchev–Trinajstić information content (AvgIpc) is 3.35. The van der Waals surface area contributed by atoms with Crippen molar-refractivity contribution in [2.75, 3.05) is 12.4 Å². The van der Waals surface area contributed by atoms with Crippen molar-refractivity contribution in [3.8, 4) is 28.6 Å². The molecule has 2 aromatic heterocycles. The zero-order valence-corrected chi connectivity index (χ0v) is 16.0. The highest BCUT2D eigenvalue weighted by Crippen LogP contribution is 2.26. The minimum absolute atomic E-state index is 0.443. The first-order valence-corrected chi connectivity index (χ1v) is 9.67. The monoisotopic (exact) mass is 394 g/mol. The first-order chi connectivity index (χ1) is 13.7. The molecule has 0 unspecified atom stereocenters. The molecule has 0 radical (unpaired) electrons. The van der Waals surface area contributed by atoms with Crippen LogP contribution >= 0.6 is 11.8 Å². The molecule has 4 rings (SSSR count). The number of thioether (sulfide) groups is 1. The second-order valence-electron chi connectivity index (χ2n) is 5.79. The van der Waals surface area contributed by atoms with Gasteiger partial charge in [-0.25, -0.2) is 4.68 Å². The first-order valence-electron chi connectivity index (χ1n) is 8.69. The lowest BCUT2D eigenvalue weighted by Crippen LogP contribution is -2.11. The van der Waals surface area contributed by atoms with E-state index in [1.54, 1.807) is 0 Å². The molecule has 0 saturated carbocycles. The van der Waals surface area contributed by atoms with Gasteiger partial charge in [-0.15, -0.1) is 20.4 Å². The number of benzene rings is 2. The Morgan fingerprint density at radius 3 is 2.50 bits per heavy atom. The predicted octanol–water partition coefficient (Wildman–Crippen LogP) is 3.40. The standard InChI is InChI=1S/C19H18N6O2S/c1-2-26-15-10-8-13(9-11-15)17-22-24-19(25(17)20)28-12-16-21-23-18(27-16)14-6-4-3-5-7-14/h3-11H,2,12,20H2,1H3. The summed E-state index contributed by atoms with van der Waals surface area (Å²) < 4.78 is 12.6. The lowest BCUT2D eigenvalue weighted by Gasteiger charge is -2.05. The van der Waals surface area contributed by atoms with Crippen molar-refractivity contribution in [2.24, 2.45) is 0 Å². The predicted molar refractivity (Wildman–Crippen MR) is 106 cm³/mol. The number of rotatable bonds is 7. The molecule has 2 heterocycles. The molecule has 0 atom stereocenters. The van der Waals surface area contributed by atoms with Crippen molar-refractivity contribution in [3.05, 3.63) is 60.5 Å². The van der Waals surface area contributed by atoms with E-state index >= 15 is 0 Å². The first kappa shape index (κ1) is 18.1. The number of hydrogen-bond acceptors (Lipinski definition) is 8. The highest BCUT2D eigenvalue weighted by Gasteiger charge is 2.15. The quantitative estimate of drug-likeness (QED) is 0.376. The smallest absolute Gasteiger partial charge is 0.247 e. The van der Waals surface area contributed by atoms with Crippen molar-refractivity contribution in [1.29, 1.82) is 0 Å². The largest absolute Gasteiger partial charge is 0.494 e. The van der Waals surface area contributed by atoms with Crippen LogP contribution in [0.5, 0.6) is 5.75 Å². The van der Waals surface area contributed by atoms with E-state index in [4.69, 9.17) is 15.0 Å². The molecule has 0 bridgehead atoms. The Hall–Kier alpha value is -3.33. The van der Waals surface area contributed by atoms with Crippen molar-refractivity contribution in [1.82, 2.24) is 25.1 Å². The van der Waals surface area contributed by atoms with Crippen LogP contribution in [0, 0.1) is 0 Å². The molecule has 9 heteroatoms. The van der Waals surface area contributed by atoms with Crippen molar-refractivity contribution in [2.45, 2.75) is 17.8 Å². The molecular formula is C19H18N6O2S. The van der Waals surface area contributed by atoms with E-state index in [1.807, 2.05) is 61.5 Å². The molecule has 0 amide bonds. The van der Waals surface area contributed by atoms with Gasteiger partial charge in [-0.1, -0.05) is 30.0 Å². The fraction of sp³-hybridized carbons (Fsp3) is 0.158. The second kappa shape index (κ2) is 8.13. The fourth-order valence-corrected chi connectivity index (χ4v) is 3.27. The van der Waals surface area contributed by atoms with Gasteiger partial charge >= 0.3 is 0 Å². The molecule has 0 spiro atoms. The van der Waals surface area contributed by atoms with E-state index in [0.717, 1.165) is 16.9 Å². The molecular weight excluding hydrogens is 376 g/mol. The Kier molecular flexibility index (Phi) is 5.24. The lowest BCUT2D eigenvalue weighted by atomic mass is 10.2. The summed E-state index contributed by atoms with van der Waals surface area (Å²) in [7, 11) is 0. The maximum atomic E-state index is 6.17.